The summed E-state index contributed by atoms with van der Waals surface area (Å²) in [5.74, 6) is 0.857. The van der Waals surface area contributed by atoms with Crippen LogP contribution in [0, 0.1) is 0 Å². The third kappa shape index (κ3) is 2.32. The van der Waals surface area contributed by atoms with Gasteiger partial charge in [0.05, 0.1) is 6.61 Å². The number of aromatic amines is 1. The van der Waals surface area contributed by atoms with Crippen molar-refractivity contribution >= 4 is 11.8 Å². The number of tetrazole rings is 1. The highest BCUT2D eigenvalue weighted by molar-refractivity contribution is 7.99. The van der Waals surface area contributed by atoms with Gasteiger partial charge >= 0.3 is 0 Å². The van der Waals surface area contributed by atoms with Crippen LogP contribution in [0.5, 0.6) is 0 Å². The van der Waals surface area contributed by atoms with Gasteiger partial charge in [-0.15, -0.1) is 10.2 Å². The molecule has 0 amide bonds. The smallest absolute Gasteiger partial charge is 0.231 e. The Hall–Kier alpha value is -0.620. The molecule has 10 heavy (non-hydrogen) atoms. The van der Waals surface area contributed by atoms with E-state index in [1.807, 2.05) is 0 Å². The first-order valence-corrected chi connectivity index (χ1v) is 3.77. The second-order valence-corrected chi connectivity index (χ2v) is 2.60. The van der Waals surface area contributed by atoms with E-state index >= 15 is 0 Å². The van der Waals surface area contributed by atoms with Crippen molar-refractivity contribution in [2.24, 2.45) is 0 Å². The molecule has 0 bridgehead atoms. The molecule has 0 spiro atoms. The monoisotopic (exact) mass is 160 g/mol. The number of H-pyrrole nitrogens is 1. The standard InChI is InChI=1S/C4H8N4OS/c1-9-2-3-10-4-5-7-8-6-4/h2-3H2,1H3,(H,5,6,7,8). The van der Waals surface area contributed by atoms with Crippen LogP contribution in [-0.2, 0) is 4.74 Å². The van der Waals surface area contributed by atoms with Gasteiger partial charge < -0.3 is 4.74 Å². The molecular formula is C4H8N4OS. The van der Waals surface area contributed by atoms with E-state index in [9.17, 15) is 0 Å². The summed E-state index contributed by atoms with van der Waals surface area (Å²) in [6.45, 7) is 0.708. The van der Waals surface area contributed by atoms with E-state index in [0.717, 1.165) is 5.75 Å². The minimum atomic E-state index is 0.664. The lowest BCUT2D eigenvalue weighted by molar-refractivity contribution is 0.218. The molecule has 0 unspecified atom stereocenters. The summed E-state index contributed by atoms with van der Waals surface area (Å²) in [4.78, 5) is 0. The molecule has 1 N–H and O–H groups in total. The van der Waals surface area contributed by atoms with Crippen LogP contribution >= 0.6 is 11.8 Å². The first-order chi connectivity index (χ1) is 4.93. The molecule has 0 saturated heterocycles. The summed E-state index contributed by atoms with van der Waals surface area (Å²) >= 11 is 1.51. The molecule has 56 valence electrons. The molecule has 0 radical (unpaired) electrons. The number of hydrogen-bond acceptors (Lipinski definition) is 5. The Kier molecular flexibility index (Phi) is 3.17. The highest BCUT2D eigenvalue weighted by atomic mass is 32.2. The average molecular weight is 160 g/mol. The maximum atomic E-state index is 4.83. The van der Waals surface area contributed by atoms with Gasteiger partial charge in [0.1, 0.15) is 0 Å². The fourth-order valence-corrected chi connectivity index (χ4v) is 1.07. The van der Waals surface area contributed by atoms with Crippen LogP contribution in [-0.4, -0.2) is 40.1 Å². The summed E-state index contributed by atoms with van der Waals surface area (Å²) in [7, 11) is 1.66. The Bertz CT molecular complexity index is 166. The zero-order valence-electron chi connectivity index (χ0n) is 5.57. The van der Waals surface area contributed by atoms with E-state index in [-0.39, 0.29) is 0 Å². The SMILES string of the molecule is COCCSc1nn[nH]n1. The normalized spacial score (nSPS) is 10.1. The molecular weight excluding hydrogens is 152 g/mol. The van der Waals surface area contributed by atoms with Crippen molar-refractivity contribution in [3.8, 4) is 0 Å². The third-order valence-electron chi connectivity index (χ3n) is 0.845. The molecule has 1 aromatic heterocycles. The average Bonchev–Trinajstić information content (AvgIpc) is 2.41. The lowest BCUT2D eigenvalue weighted by Gasteiger charge is -1.92. The lowest BCUT2D eigenvalue weighted by atomic mass is 10.9. The Morgan fingerprint density at radius 1 is 1.70 bits per heavy atom. The first-order valence-electron chi connectivity index (χ1n) is 2.78. The molecule has 1 aromatic rings. The van der Waals surface area contributed by atoms with Crippen LogP contribution in [0.25, 0.3) is 0 Å². The largest absolute Gasteiger partial charge is 0.384 e. The summed E-state index contributed by atoms with van der Waals surface area (Å²) < 4.78 is 4.83. The predicted octanol–water partition coefficient (Wildman–Crippen LogP) is -0.0618. The Balaban J connectivity index is 2.15. The number of nitrogens with one attached hydrogen (secondary N) is 1. The Morgan fingerprint density at radius 3 is 3.20 bits per heavy atom. The van der Waals surface area contributed by atoms with E-state index in [2.05, 4.69) is 20.6 Å². The summed E-state index contributed by atoms with van der Waals surface area (Å²) in [6.07, 6.45) is 0. The maximum Gasteiger partial charge on any atom is 0.231 e. The van der Waals surface area contributed by atoms with Crippen molar-refractivity contribution in [3.05, 3.63) is 0 Å². The van der Waals surface area contributed by atoms with Crippen LogP contribution in [0.15, 0.2) is 5.16 Å². The molecule has 0 aromatic carbocycles. The number of ether oxygens (including phenoxy) is 1. The topological polar surface area (TPSA) is 63.7 Å². The number of rotatable bonds is 4. The second-order valence-electron chi connectivity index (χ2n) is 1.54. The van der Waals surface area contributed by atoms with Crippen LogP contribution < -0.4 is 0 Å². The van der Waals surface area contributed by atoms with E-state index in [1.54, 1.807) is 7.11 Å². The van der Waals surface area contributed by atoms with Gasteiger partial charge in [-0.05, 0) is 5.21 Å². The van der Waals surface area contributed by atoms with Crippen LogP contribution in [0.3, 0.4) is 0 Å². The minimum Gasteiger partial charge on any atom is -0.384 e. The fraction of sp³-hybridized carbons (Fsp3) is 0.750. The highest BCUT2D eigenvalue weighted by Crippen LogP contribution is 2.08. The van der Waals surface area contributed by atoms with Gasteiger partial charge in [0.15, 0.2) is 0 Å². The van der Waals surface area contributed by atoms with E-state index < -0.39 is 0 Å². The molecule has 0 fully saturated rings. The van der Waals surface area contributed by atoms with Gasteiger partial charge in [0.25, 0.3) is 0 Å². The molecule has 0 aliphatic heterocycles. The van der Waals surface area contributed by atoms with Gasteiger partial charge in [0, 0.05) is 12.9 Å². The van der Waals surface area contributed by atoms with Gasteiger partial charge in [-0.2, -0.15) is 5.21 Å². The highest BCUT2D eigenvalue weighted by Gasteiger charge is 1.95. The number of hydrogen-bond donors (Lipinski definition) is 1. The summed E-state index contributed by atoms with van der Waals surface area (Å²) in [6, 6.07) is 0. The summed E-state index contributed by atoms with van der Waals surface area (Å²) in [5.41, 5.74) is 0. The van der Waals surface area contributed by atoms with Crippen molar-refractivity contribution in [1.29, 1.82) is 0 Å². The Morgan fingerprint density at radius 2 is 2.60 bits per heavy atom. The molecule has 5 nitrogen and oxygen atoms in total. The molecule has 1 heterocycles. The number of aromatic nitrogens is 4. The lowest BCUT2D eigenvalue weighted by Crippen LogP contribution is -1.91. The van der Waals surface area contributed by atoms with Crippen molar-refractivity contribution in [2.45, 2.75) is 5.16 Å². The van der Waals surface area contributed by atoms with E-state index in [1.165, 1.54) is 11.8 Å². The van der Waals surface area contributed by atoms with Crippen LogP contribution in [0.1, 0.15) is 0 Å². The third-order valence-corrected chi connectivity index (χ3v) is 1.65. The van der Waals surface area contributed by atoms with Crippen molar-refractivity contribution in [1.82, 2.24) is 20.6 Å². The maximum absolute atomic E-state index is 4.83. The van der Waals surface area contributed by atoms with E-state index in [4.69, 9.17) is 4.74 Å². The van der Waals surface area contributed by atoms with Crippen LogP contribution in [0.4, 0.5) is 0 Å². The van der Waals surface area contributed by atoms with Gasteiger partial charge in [-0.3, -0.25) is 0 Å². The van der Waals surface area contributed by atoms with Crippen molar-refractivity contribution < 1.29 is 4.74 Å². The quantitative estimate of drug-likeness (QED) is 0.493. The number of methoxy groups -OCH3 is 1. The molecule has 0 atom stereocenters. The molecule has 6 heteroatoms. The number of thioether (sulfide) groups is 1. The van der Waals surface area contributed by atoms with Gasteiger partial charge in [-0.25, -0.2) is 0 Å². The second kappa shape index (κ2) is 4.24. The van der Waals surface area contributed by atoms with Gasteiger partial charge in [0.2, 0.25) is 5.16 Å². The molecule has 1 rings (SSSR count). The first kappa shape index (κ1) is 7.49. The van der Waals surface area contributed by atoms with E-state index in [0.29, 0.717) is 11.8 Å². The fourth-order valence-electron chi connectivity index (χ4n) is 0.430. The number of nitrogens with zero attached hydrogens (tertiary/aromatic N) is 3. The Labute approximate surface area is 62.5 Å². The zero-order chi connectivity index (χ0) is 7.23. The minimum absolute atomic E-state index is 0.664. The predicted molar refractivity (Wildman–Crippen MR) is 36.8 cm³/mol. The summed E-state index contributed by atoms with van der Waals surface area (Å²) in [5, 5.41) is 13.9. The zero-order valence-corrected chi connectivity index (χ0v) is 6.39. The van der Waals surface area contributed by atoms with Gasteiger partial charge in [-0.1, -0.05) is 11.8 Å². The van der Waals surface area contributed by atoms with Crippen molar-refractivity contribution in [3.63, 3.8) is 0 Å². The van der Waals surface area contributed by atoms with Crippen LogP contribution in [0.2, 0.25) is 0 Å². The van der Waals surface area contributed by atoms with Crippen molar-refractivity contribution in [2.75, 3.05) is 19.5 Å². The molecule has 0 saturated carbocycles. The molecule has 0 aliphatic carbocycles. The molecule has 0 aliphatic rings.